The van der Waals surface area contributed by atoms with E-state index in [4.69, 9.17) is 4.42 Å². The van der Waals surface area contributed by atoms with E-state index >= 15 is 0 Å². The van der Waals surface area contributed by atoms with Crippen LogP contribution in [0.1, 0.15) is 39.4 Å². The van der Waals surface area contributed by atoms with Gasteiger partial charge in [-0.1, -0.05) is 13.8 Å². The van der Waals surface area contributed by atoms with E-state index in [-0.39, 0.29) is 0 Å². The average molecular weight is 260 g/mol. The smallest absolute Gasteiger partial charge is 0.229 e. The number of anilines is 1. The largest absolute Gasteiger partial charge is 0.441 e. The lowest BCUT2D eigenvalue weighted by Crippen LogP contribution is -2.23. The molecule has 2 aromatic rings. The first kappa shape index (κ1) is 13.5. The van der Waals surface area contributed by atoms with Crippen LogP contribution < -0.4 is 4.90 Å². The van der Waals surface area contributed by atoms with E-state index in [2.05, 4.69) is 47.5 Å². The predicted octanol–water partition coefficient (Wildman–Crippen LogP) is 3.10. The van der Waals surface area contributed by atoms with E-state index in [1.165, 1.54) is 0 Å². The van der Waals surface area contributed by atoms with Gasteiger partial charge in [0.1, 0.15) is 5.76 Å². The van der Waals surface area contributed by atoms with Crippen molar-refractivity contribution in [2.75, 3.05) is 18.0 Å². The van der Waals surface area contributed by atoms with Crippen LogP contribution in [0.25, 0.3) is 11.5 Å². The van der Waals surface area contributed by atoms with Crippen LogP contribution in [0.2, 0.25) is 0 Å². The number of rotatable bonds is 5. The van der Waals surface area contributed by atoms with Crippen molar-refractivity contribution in [3.8, 4) is 11.5 Å². The van der Waals surface area contributed by atoms with Crippen molar-refractivity contribution in [3.63, 3.8) is 0 Å². The van der Waals surface area contributed by atoms with Crippen LogP contribution in [0, 0.1) is 0 Å². The molecule has 2 rings (SSSR count). The molecule has 0 saturated carbocycles. The normalized spacial score (nSPS) is 11.0. The molecule has 0 radical (unpaired) electrons. The molecule has 0 amide bonds. The number of nitrogens with zero attached hydrogens (tertiary/aromatic N) is 4. The fourth-order valence-corrected chi connectivity index (χ4v) is 1.79. The molecule has 2 aromatic heterocycles. The van der Waals surface area contributed by atoms with Crippen LogP contribution in [0.3, 0.4) is 0 Å². The second kappa shape index (κ2) is 5.82. The Labute approximate surface area is 113 Å². The third kappa shape index (κ3) is 2.92. The zero-order chi connectivity index (χ0) is 13.8. The highest BCUT2D eigenvalue weighted by molar-refractivity contribution is 5.51. The highest BCUT2D eigenvalue weighted by Gasteiger charge is 2.11. The minimum atomic E-state index is 0.331. The molecule has 5 heteroatoms. The minimum Gasteiger partial charge on any atom is -0.441 e. The van der Waals surface area contributed by atoms with Crippen molar-refractivity contribution in [3.05, 3.63) is 24.4 Å². The van der Waals surface area contributed by atoms with Crippen LogP contribution in [-0.4, -0.2) is 28.0 Å². The fraction of sp³-hybridized carbons (Fsp3) is 0.500. The summed E-state index contributed by atoms with van der Waals surface area (Å²) in [6.07, 6.45) is 5.28. The van der Waals surface area contributed by atoms with Crippen LogP contribution >= 0.6 is 0 Å². The molecule has 0 spiro atoms. The van der Waals surface area contributed by atoms with Crippen molar-refractivity contribution in [2.45, 2.75) is 33.6 Å². The first-order valence-electron chi connectivity index (χ1n) is 6.68. The number of oxazole rings is 1. The van der Waals surface area contributed by atoms with Gasteiger partial charge in [-0.05, 0) is 13.8 Å². The quantitative estimate of drug-likeness (QED) is 0.826. The molecule has 0 aliphatic heterocycles. The zero-order valence-corrected chi connectivity index (χ0v) is 11.9. The topological polar surface area (TPSA) is 55.1 Å². The highest BCUT2D eigenvalue weighted by atomic mass is 16.4. The Bertz CT molecular complexity index is 514. The first-order valence-corrected chi connectivity index (χ1v) is 6.68. The van der Waals surface area contributed by atoms with Crippen molar-refractivity contribution >= 4 is 5.95 Å². The average Bonchev–Trinajstić information content (AvgIpc) is 2.91. The Morgan fingerprint density at radius 1 is 1.05 bits per heavy atom. The van der Waals surface area contributed by atoms with Gasteiger partial charge in [-0.25, -0.2) is 15.0 Å². The SMILES string of the molecule is CCN(CC)c1ncc(-c2ncc(C(C)C)o2)cn1. The molecule has 0 aliphatic rings. The molecule has 5 nitrogen and oxygen atoms in total. The summed E-state index contributed by atoms with van der Waals surface area (Å²) in [5, 5.41) is 0. The molecular formula is C14H20N4O. The third-order valence-electron chi connectivity index (χ3n) is 3.02. The van der Waals surface area contributed by atoms with Crippen LogP contribution in [-0.2, 0) is 0 Å². The summed E-state index contributed by atoms with van der Waals surface area (Å²) < 4.78 is 5.68. The Morgan fingerprint density at radius 3 is 2.16 bits per heavy atom. The lowest BCUT2D eigenvalue weighted by atomic mass is 10.2. The molecule has 0 aliphatic carbocycles. The van der Waals surface area contributed by atoms with Crippen molar-refractivity contribution < 1.29 is 4.42 Å². The molecule has 0 fully saturated rings. The number of aromatic nitrogens is 3. The van der Waals surface area contributed by atoms with Gasteiger partial charge in [-0.3, -0.25) is 0 Å². The van der Waals surface area contributed by atoms with Gasteiger partial charge < -0.3 is 9.32 Å². The Balaban J connectivity index is 2.21. The van der Waals surface area contributed by atoms with Gasteiger partial charge in [-0.15, -0.1) is 0 Å². The Morgan fingerprint density at radius 2 is 1.68 bits per heavy atom. The zero-order valence-electron chi connectivity index (χ0n) is 11.9. The molecule has 102 valence electrons. The maximum absolute atomic E-state index is 5.68. The van der Waals surface area contributed by atoms with Crippen LogP contribution in [0.4, 0.5) is 5.95 Å². The molecule has 19 heavy (non-hydrogen) atoms. The van der Waals surface area contributed by atoms with E-state index in [9.17, 15) is 0 Å². The van der Waals surface area contributed by atoms with Gasteiger partial charge in [0.15, 0.2) is 0 Å². The standard InChI is InChI=1S/C14H20N4O/c1-5-18(6-2)14-16-7-11(8-17-14)13-15-9-12(19-13)10(3)4/h7-10H,5-6H2,1-4H3. The number of hydrogen-bond acceptors (Lipinski definition) is 5. The lowest BCUT2D eigenvalue weighted by molar-refractivity contribution is 0.495. The monoisotopic (exact) mass is 260 g/mol. The third-order valence-corrected chi connectivity index (χ3v) is 3.02. The second-order valence-corrected chi connectivity index (χ2v) is 4.67. The maximum atomic E-state index is 5.68. The van der Waals surface area contributed by atoms with Gasteiger partial charge in [-0.2, -0.15) is 0 Å². The van der Waals surface area contributed by atoms with Crippen LogP contribution in [0.15, 0.2) is 23.0 Å². The highest BCUT2D eigenvalue weighted by Crippen LogP contribution is 2.22. The predicted molar refractivity (Wildman–Crippen MR) is 75.2 cm³/mol. The van der Waals surface area contributed by atoms with Gasteiger partial charge >= 0.3 is 0 Å². The lowest BCUT2D eigenvalue weighted by Gasteiger charge is -2.17. The van der Waals surface area contributed by atoms with Gasteiger partial charge in [0.05, 0.1) is 11.8 Å². The van der Waals surface area contributed by atoms with E-state index in [0.29, 0.717) is 11.8 Å². The van der Waals surface area contributed by atoms with E-state index < -0.39 is 0 Å². The Kier molecular flexibility index (Phi) is 4.14. The van der Waals surface area contributed by atoms with Crippen molar-refractivity contribution in [2.24, 2.45) is 0 Å². The van der Waals surface area contributed by atoms with Gasteiger partial charge in [0.25, 0.3) is 0 Å². The summed E-state index contributed by atoms with van der Waals surface area (Å²) in [6.45, 7) is 10.1. The summed E-state index contributed by atoms with van der Waals surface area (Å²) in [5.41, 5.74) is 0.808. The molecule has 0 aromatic carbocycles. The van der Waals surface area contributed by atoms with Crippen molar-refractivity contribution in [1.29, 1.82) is 0 Å². The second-order valence-electron chi connectivity index (χ2n) is 4.67. The summed E-state index contributed by atoms with van der Waals surface area (Å²) in [5.74, 6) is 2.53. The van der Waals surface area contributed by atoms with E-state index in [1.54, 1.807) is 18.6 Å². The fourth-order valence-electron chi connectivity index (χ4n) is 1.79. The minimum absolute atomic E-state index is 0.331. The molecule has 0 bridgehead atoms. The first-order chi connectivity index (χ1) is 9.15. The van der Waals surface area contributed by atoms with Gasteiger partial charge in [0.2, 0.25) is 11.8 Å². The van der Waals surface area contributed by atoms with Gasteiger partial charge in [0, 0.05) is 31.4 Å². The molecular weight excluding hydrogens is 240 g/mol. The maximum Gasteiger partial charge on any atom is 0.229 e. The summed E-state index contributed by atoms with van der Waals surface area (Å²) in [4.78, 5) is 15.1. The van der Waals surface area contributed by atoms with E-state index in [0.717, 1.165) is 30.4 Å². The summed E-state index contributed by atoms with van der Waals surface area (Å²) in [7, 11) is 0. The Hall–Kier alpha value is -1.91. The number of hydrogen-bond donors (Lipinski definition) is 0. The summed E-state index contributed by atoms with van der Waals surface area (Å²) in [6, 6.07) is 0. The molecule has 2 heterocycles. The molecule has 0 N–H and O–H groups in total. The van der Waals surface area contributed by atoms with Crippen LogP contribution in [0.5, 0.6) is 0 Å². The van der Waals surface area contributed by atoms with Crippen molar-refractivity contribution in [1.82, 2.24) is 15.0 Å². The molecule has 0 unspecified atom stereocenters. The van der Waals surface area contributed by atoms with E-state index in [1.807, 2.05) is 0 Å². The molecule has 0 saturated heterocycles. The molecule has 0 atom stereocenters. The summed E-state index contributed by atoms with van der Waals surface area (Å²) >= 11 is 0.